The molecule has 2 aliphatic rings. The maximum absolute atomic E-state index is 14.5. The number of carbonyl (C=O) groups excluding carboxylic acids is 2. The van der Waals surface area contributed by atoms with Gasteiger partial charge in [0.25, 0.3) is 5.91 Å². The predicted molar refractivity (Wildman–Crippen MR) is 135 cm³/mol. The van der Waals surface area contributed by atoms with E-state index in [2.05, 4.69) is 25.0 Å². The molecule has 8 nitrogen and oxygen atoms in total. The van der Waals surface area contributed by atoms with Gasteiger partial charge in [0.15, 0.2) is 0 Å². The van der Waals surface area contributed by atoms with Gasteiger partial charge in [-0.05, 0) is 49.2 Å². The Morgan fingerprint density at radius 2 is 1.86 bits per heavy atom. The number of primary amides is 1. The number of aromatic nitrogens is 1. The molecule has 2 saturated heterocycles. The minimum atomic E-state index is -0.463. The molecule has 2 aromatic carbocycles. The predicted octanol–water partition coefficient (Wildman–Crippen LogP) is 2.69. The van der Waals surface area contributed by atoms with Gasteiger partial charge in [0.1, 0.15) is 17.3 Å². The molecule has 2 amide bonds. The average molecular weight is 497 g/mol. The summed E-state index contributed by atoms with van der Waals surface area (Å²) in [6, 6.07) is 9.36. The summed E-state index contributed by atoms with van der Waals surface area (Å²) in [5.41, 5.74) is 7.96. The molecule has 2 fully saturated rings. The SMILES string of the molecule is Cc1ccc(F)c2cc(C(=O)Nc3cc(F)cc(N4CCC(N5CCN(CC(N)=O)CC5)C4)c3)[nH]c12. The third-order valence-electron chi connectivity index (χ3n) is 7.17. The van der Waals surface area contributed by atoms with Crippen LogP contribution < -0.4 is 16.0 Å². The molecule has 5 rings (SSSR count). The number of H-pyrrole nitrogens is 1. The fourth-order valence-electron chi connectivity index (χ4n) is 5.26. The minimum absolute atomic E-state index is 0.209. The number of carbonyl (C=O) groups is 2. The van der Waals surface area contributed by atoms with Crippen LogP contribution in [-0.2, 0) is 4.79 Å². The van der Waals surface area contributed by atoms with Crippen molar-refractivity contribution in [1.82, 2.24) is 14.8 Å². The fraction of sp³-hybridized carbons (Fsp3) is 0.385. The molecule has 1 unspecified atom stereocenters. The van der Waals surface area contributed by atoms with Gasteiger partial charge in [0.2, 0.25) is 5.91 Å². The van der Waals surface area contributed by atoms with Crippen molar-refractivity contribution in [3.8, 4) is 0 Å². The van der Waals surface area contributed by atoms with Crippen LogP contribution in [0.3, 0.4) is 0 Å². The highest BCUT2D eigenvalue weighted by atomic mass is 19.1. The first-order valence-electron chi connectivity index (χ1n) is 12.2. The molecule has 0 spiro atoms. The second-order valence-corrected chi connectivity index (χ2v) is 9.66. The molecule has 0 aliphatic carbocycles. The molecule has 1 atom stereocenters. The molecule has 0 saturated carbocycles. The van der Waals surface area contributed by atoms with E-state index in [9.17, 15) is 18.4 Å². The van der Waals surface area contributed by atoms with E-state index in [0.717, 1.165) is 51.3 Å². The zero-order chi connectivity index (χ0) is 25.4. The summed E-state index contributed by atoms with van der Waals surface area (Å²) < 4.78 is 28.7. The van der Waals surface area contributed by atoms with Gasteiger partial charge in [-0.2, -0.15) is 0 Å². The van der Waals surface area contributed by atoms with Crippen LogP contribution in [0.1, 0.15) is 22.5 Å². The number of nitrogens with two attached hydrogens (primary N) is 1. The van der Waals surface area contributed by atoms with Crippen LogP contribution in [0, 0.1) is 18.6 Å². The van der Waals surface area contributed by atoms with Gasteiger partial charge in [0, 0.05) is 62.1 Å². The number of halogens is 2. The molecule has 1 aromatic heterocycles. The van der Waals surface area contributed by atoms with E-state index in [-0.39, 0.29) is 18.1 Å². The van der Waals surface area contributed by atoms with Crippen molar-refractivity contribution in [2.75, 3.05) is 56.0 Å². The monoisotopic (exact) mass is 496 g/mol. The lowest BCUT2D eigenvalue weighted by molar-refractivity contribution is -0.119. The second-order valence-electron chi connectivity index (χ2n) is 9.66. The van der Waals surface area contributed by atoms with E-state index in [1.54, 1.807) is 12.1 Å². The van der Waals surface area contributed by atoms with Crippen LogP contribution in [0.15, 0.2) is 36.4 Å². The Labute approximate surface area is 208 Å². The Morgan fingerprint density at radius 3 is 2.58 bits per heavy atom. The number of piperazine rings is 1. The van der Waals surface area contributed by atoms with Crippen molar-refractivity contribution >= 4 is 34.1 Å². The van der Waals surface area contributed by atoms with Gasteiger partial charge in [-0.1, -0.05) is 6.07 Å². The summed E-state index contributed by atoms with van der Waals surface area (Å²) in [4.78, 5) is 33.6. The normalized spacial score (nSPS) is 19.2. The molecule has 0 bridgehead atoms. The van der Waals surface area contributed by atoms with E-state index >= 15 is 0 Å². The molecular weight excluding hydrogens is 466 g/mol. The van der Waals surface area contributed by atoms with Crippen molar-refractivity contribution in [2.45, 2.75) is 19.4 Å². The number of fused-ring (bicyclic) bond motifs is 1. The van der Waals surface area contributed by atoms with Crippen LogP contribution in [0.25, 0.3) is 10.9 Å². The third kappa shape index (κ3) is 5.05. The summed E-state index contributed by atoms with van der Waals surface area (Å²) in [5, 5.41) is 3.09. The van der Waals surface area contributed by atoms with E-state index < -0.39 is 17.5 Å². The zero-order valence-corrected chi connectivity index (χ0v) is 20.2. The Bertz CT molecular complexity index is 1260. The summed E-state index contributed by atoms with van der Waals surface area (Å²) in [5.74, 6) is -1.62. The lowest BCUT2D eigenvalue weighted by Gasteiger charge is -2.37. The number of hydrogen-bond donors (Lipinski definition) is 3. The number of rotatable bonds is 6. The maximum atomic E-state index is 14.5. The number of nitrogens with one attached hydrogen (secondary N) is 2. The van der Waals surface area contributed by atoms with E-state index in [1.165, 1.54) is 24.3 Å². The molecule has 10 heteroatoms. The van der Waals surface area contributed by atoms with Crippen molar-refractivity contribution in [3.63, 3.8) is 0 Å². The first kappa shape index (κ1) is 24.2. The van der Waals surface area contributed by atoms with Crippen LogP contribution in [0.5, 0.6) is 0 Å². The number of nitrogens with zero attached hydrogens (tertiary/aromatic N) is 3. The Balaban J connectivity index is 1.25. The maximum Gasteiger partial charge on any atom is 0.272 e. The first-order valence-corrected chi connectivity index (χ1v) is 12.2. The van der Waals surface area contributed by atoms with Gasteiger partial charge in [-0.15, -0.1) is 0 Å². The van der Waals surface area contributed by atoms with Crippen molar-refractivity contribution in [3.05, 3.63) is 59.3 Å². The molecule has 190 valence electrons. The number of benzene rings is 2. The van der Waals surface area contributed by atoms with Crippen molar-refractivity contribution < 1.29 is 18.4 Å². The highest BCUT2D eigenvalue weighted by molar-refractivity contribution is 6.06. The Kier molecular flexibility index (Phi) is 6.63. The van der Waals surface area contributed by atoms with Crippen LogP contribution in [0.4, 0.5) is 20.2 Å². The smallest absolute Gasteiger partial charge is 0.272 e. The van der Waals surface area contributed by atoms with Gasteiger partial charge < -0.3 is 20.9 Å². The molecule has 3 aromatic rings. The highest BCUT2D eigenvalue weighted by Crippen LogP contribution is 2.28. The summed E-state index contributed by atoms with van der Waals surface area (Å²) >= 11 is 0. The minimum Gasteiger partial charge on any atom is -0.370 e. The third-order valence-corrected chi connectivity index (χ3v) is 7.17. The molecule has 3 heterocycles. The fourth-order valence-corrected chi connectivity index (χ4v) is 5.26. The van der Waals surface area contributed by atoms with Gasteiger partial charge in [0.05, 0.1) is 12.1 Å². The van der Waals surface area contributed by atoms with Crippen molar-refractivity contribution in [2.24, 2.45) is 5.73 Å². The number of aromatic amines is 1. The zero-order valence-electron chi connectivity index (χ0n) is 20.2. The largest absolute Gasteiger partial charge is 0.370 e. The lowest BCUT2D eigenvalue weighted by Crippen LogP contribution is -2.52. The molecule has 36 heavy (non-hydrogen) atoms. The highest BCUT2D eigenvalue weighted by Gasteiger charge is 2.30. The van der Waals surface area contributed by atoms with Gasteiger partial charge in [-0.25, -0.2) is 8.78 Å². The quantitative estimate of drug-likeness (QED) is 0.488. The second kappa shape index (κ2) is 9.87. The molecule has 4 N–H and O–H groups in total. The van der Waals surface area contributed by atoms with Crippen LogP contribution in [-0.4, -0.2) is 78.5 Å². The standard InChI is InChI=1S/C26H30F2N6O2/c1-16-2-3-22(28)21-13-23(31-25(16)21)26(36)30-18-10-17(27)11-20(12-18)34-5-4-19(14-34)33-8-6-32(7-9-33)15-24(29)35/h2-3,10-13,19,31H,4-9,14-15H2,1H3,(H2,29,35)(H,30,36). The van der Waals surface area contributed by atoms with E-state index in [1.807, 2.05) is 6.92 Å². The van der Waals surface area contributed by atoms with Crippen LogP contribution >= 0.6 is 0 Å². The number of amides is 2. The first-order chi connectivity index (χ1) is 17.3. The van der Waals surface area contributed by atoms with Crippen LogP contribution in [0.2, 0.25) is 0 Å². The number of hydrogen-bond acceptors (Lipinski definition) is 5. The van der Waals surface area contributed by atoms with E-state index in [0.29, 0.717) is 28.3 Å². The topological polar surface area (TPSA) is 97.7 Å². The van der Waals surface area contributed by atoms with E-state index in [4.69, 9.17) is 5.73 Å². The summed E-state index contributed by atoms with van der Waals surface area (Å²) in [6.45, 7) is 6.98. The van der Waals surface area contributed by atoms with Crippen molar-refractivity contribution in [1.29, 1.82) is 0 Å². The molecule has 2 aliphatic heterocycles. The Hall–Kier alpha value is -3.50. The average Bonchev–Trinajstić information content (AvgIpc) is 3.50. The van der Waals surface area contributed by atoms with Gasteiger partial charge >= 0.3 is 0 Å². The Morgan fingerprint density at radius 1 is 1.08 bits per heavy atom. The molecular formula is C26H30F2N6O2. The summed E-state index contributed by atoms with van der Waals surface area (Å²) in [6.07, 6.45) is 0.952. The summed E-state index contributed by atoms with van der Waals surface area (Å²) in [7, 11) is 0. The number of aryl methyl sites for hydroxylation is 1. The lowest BCUT2D eigenvalue weighted by atomic mass is 10.1. The molecule has 0 radical (unpaired) electrons. The van der Waals surface area contributed by atoms with Gasteiger partial charge in [-0.3, -0.25) is 19.4 Å². The number of anilines is 2.